The first-order valence-corrected chi connectivity index (χ1v) is 8.14. The first-order valence-electron chi connectivity index (χ1n) is 7.33. The first-order chi connectivity index (χ1) is 10.1. The molecule has 0 radical (unpaired) electrons. The number of aromatic nitrogens is 1. The van der Waals surface area contributed by atoms with E-state index >= 15 is 0 Å². The molecule has 1 saturated heterocycles. The number of nitrogens with one attached hydrogen (secondary N) is 3. The number of hydrogen-bond donors (Lipinski definition) is 3. The molecule has 1 aliphatic rings. The Morgan fingerprint density at radius 3 is 2.90 bits per heavy atom. The summed E-state index contributed by atoms with van der Waals surface area (Å²) in [5.74, 6) is 0.926. The number of amides is 1. The van der Waals surface area contributed by atoms with Gasteiger partial charge in [-0.3, -0.25) is 4.79 Å². The Kier molecular flexibility index (Phi) is 5.55. The summed E-state index contributed by atoms with van der Waals surface area (Å²) in [6.07, 6.45) is 1.42. The van der Waals surface area contributed by atoms with E-state index in [1.54, 1.807) is 11.3 Å². The number of nitrogens with zero attached hydrogens (tertiary/aromatic N) is 2. The van der Waals surface area contributed by atoms with Crippen molar-refractivity contribution in [3.63, 3.8) is 0 Å². The van der Waals surface area contributed by atoms with Gasteiger partial charge in [0.2, 0.25) is 5.91 Å². The summed E-state index contributed by atoms with van der Waals surface area (Å²) in [5, 5.41) is 10.6. The van der Waals surface area contributed by atoms with Crippen LogP contribution in [0.25, 0.3) is 0 Å². The highest BCUT2D eigenvalue weighted by atomic mass is 32.1. The number of hydrogen-bond acceptors (Lipinski definition) is 4. The predicted molar refractivity (Wildman–Crippen MR) is 85.6 cm³/mol. The van der Waals surface area contributed by atoms with Gasteiger partial charge in [0.15, 0.2) is 5.96 Å². The van der Waals surface area contributed by atoms with Crippen molar-refractivity contribution in [2.75, 3.05) is 13.1 Å². The molecule has 116 valence electrons. The van der Waals surface area contributed by atoms with Gasteiger partial charge >= 0.3 is 0 Å². The number of aliphatic imine (C=N–C) groups is 1. The van der Waals surface area contributed by atoms with E-state index < -0.39 is 0 Å². The van der Waals surface area contributed by atoms with Crippen LogP contribution in [0.5, 0.6) is 0 Å². The van der Waals surface area contributed by atoms with Crippen molar-refractivity contribution in [1.82, 2.24) is 20.9 Å². The Balaban J connectivity index is 1.95. The number of piperidine rings is 1. The third kappa shape index (κ3) is 4.70. The van der Waals surface area contributed by atoms with E-state index in [2.05, 4.69) is 25.9 Å². The highest BCUT2D eigenvalue weighted by molar-refractivity contribution is 7.11. The Hall–Kier alpha value is -1.63. The van der Waals surface area contributed by atoms with Gasteiger partial charge in [-0.2, -0.15) is 0 Å². The van der Waals surface area contributed by atoms with Crippen molar-refractivity contribution in [3.8, 4) is 0 Å². The molecule has 1 atom stereocenters. The van der Waals surface area contributed by atoms with Gasteiger partial charge in [0, 0.05) is 30.4 Å². The zero-order valence-corrected chi connectivity index (χ0v) is 13.6. The second-order valence-corrected chi connectivity index (χ2v) is 6.41. The van der Waals surface area contributed by atoms with E-state index in [1.165, 1.54) is 4.88 Å². The van der Waals surface area contributed by atoms with Gasteiger partial charge in [-0.1, -0.05) is 0 Å². The molecule has 1 fully saturated rings. The van der Waals surface area contributed by atoms with Crippen LogP contribution in [0.1, 0.15) is 35.3 Å². The Morgan fingerprint density at radius 1 is 1.52 bits per heavy atom. The van der Waals surface area contributed by atoms with Crippen LogP contribution < -0.4 is 16.0 Å². The summed E-state index contributed by atoms with van der Waals surface area (Å²) in [6, 6.07) is 0.241. The monoisotopic (exact) mass is 309 g/mol. The molecule has 2 heterocycles. The van der Waals surface area contributed by atoms with E-state index in [4.69, 9.17) is 0 Å². The van der Waals surface area contributed by atoms with Crippen molar-refractivity contribution in [1.29, 1.82) is 0 Å². The molecule has 0 spiro atoms. The summed E-state index contributed by atoms with van der Waals surface area (Å²) in [5.41, 5.74) is 1.06. The minimum atomic E-state index is 0.130. The molecular weight excluding hydrogens is 286 g/mol. The standard InChI is InChI=1S/C14H23N5OS/c1-4-15-14(19-11-5-6-13(20)16-7-11)17-8-12-9(2)18-10(3)21-12/h11H,4-8H2,1-3H3,(H,16,20)(H2,15,17,19). The molecule has 0 aromatic carbocycles. The maximum Gasteiger partial charge on any atom is 0.220 e. The smallest absolute Gasteiger partial charge is 0.220 e. The second kappa shape index (κ2) is 7.40. The van der Waals surface area contributed by atoms with E-state index in [1.807, 2.05) is 20.8 Å². The number of guanidine groups is 1. The number of carbonyl (C=O) groups excluding carboxylic acids is 1. The fourth-order valence-electron chi connectivity index (χ4n) is 2.24. The molecule has 1 aliphatic heterocycles. The minimum absolute atomic E-state index is 0.130. The second-order valence-electron chi connectivity index (χ2n) is 5.12. The molecule has 1 amide bonds. The maximum absolute atomic E-state index is 11.2. The molecule has 1 aromatic rings. The number of aryl methyl sites for hydroxylation is 2. The molecule has 0 aliphatic carbocycles. The molecule has 0 saturated carbocycles. The fraction of sp³-hybridized carbons (Fsp3) is 0.643. The predicted octanol–water partition coefficient (Wildman–Crippen LogP) is 1.09. The molecular formula is C14H23N5OS. The lowest BCUT2D eigenvalue weighted by Gasteiger charge is -2.25. The summed E-state index contributed by atoms with van der Waals surface area (Å²) in [6.45, 7) is 8.17. The first kappa shape index (κ1) is 15.8. The third-order valence-electron chi connectivity index (χ3n) is 3.33. The lowest BCUT2D eigenvalue weighted by molar-refractivity contribution is -0.122. The highest BCUT2D eigenvalue weighted by Crippen LogP contribution is 2.17. The summed E-state index contributed by atoms with van der Waals surface area (Å²) in [4.78, 5) is 21.4. The van der Waals surface area contributed by atoms with Gasteiger partial charge in [0.1, 0.15) is 0 Å². The van der Waals surface area contributed by atoms with Crippen molar-refractivity contribution in [3.05, 3.63) is 15.6 Å². The molecule has 2 rings (SSSR count). The molecule has 6 nitrogen and oxygen atoms in total. The van der Waals surface area contributed by atoms with Crippen LogP contribution in [-0.2, 0) is 11.3 Å². The quantitative estimate of drug-likeness (QED) is 0.575. The van der Waals surface area contributed by atoms with Gasteiger partial charge in [0.25, 0.3) is 0 Å². The third-order valence-corrected chi connectivity index (χ3v) is 4.39. The van der Waals surface area contributed by atoms with Gasteiger partial charge in [-0.15, -0.1) is 11.3 Å². The SMILES string of the molecule is CCNC(=NCc1sc(C)nc1C)NC1CCC(=O)NC1. The van der Waals surface area contributed by atoms with Gasteiger partial charge in [-0.25, -0.2) is 9.98 Å². The largest absolute Gasteiger partial charge is 0.357 e. The zero-order chi connectivity index (χ0) is 15.2. The molecule has 21 heavy (non-hydrogen) atoms. The molecule has 1 unspecified atom stereocenters. The van der Waals surface area contributed by atoms with E-state index in [9.17, 15) is 4.79 Å². The molecule has 7 heteroatoms. The summed E-state index contributed by atoms with van der Waals surface area (Å²) >= 11 is 1.69. The topological polar surface area (TPSA) is 78.4 Å². The molecule has 0 bridgehead atoms. The van der Waals surface area contributed by atoms with Gasteiger partial charge in [0.05, 0.1) is 17.2 Å². The van der Waals surface area contributed by atoms with Crippen LogP contribution in [-0.4, -0.2) is 36.0 Å². The normalized spacial score (nSPS) is 19.3. The van der Waals surface area contributed by atoms with Crippen molar-refractivity contribution in [2.24, 2.45) is 4.99 Å². The molecule has 1 aromatic heterocycles. The van der Waals surface area contributed by atoms with Crippen molar-refractivity contribution < 1.29 is 4.79 Å². The Morgan fingerprint density at radius 2 is 2.33 bits per heavy atom. The average Bonchev–Trinajstić information content (AvgIpc) is 2.77. The van der Waals surface area contributed by atoms with Crippen LogP contribution >= 0.6 is 11.3 Å². The number of carbonyl (C=O) groups is 1. The molecule has 3 N–H and O–H groups in total. The maximum atomic E-state index is 11.2. The van der Waals surface area contributed by atoms with Gasteiger partial charge < -0.3 is 16.0 Å². The lowest BCUT2D eigenvalue weighted by atomic mass is 10.1. The van der Waals surface area contributed by atoms with Crippen LogP contribution in [0.15, 0.2) is 4.99 Å². The van der Waals surface area contributed by atoms with Crippen molar-refractivity contribution >= 4 is 23.2 Å². The fourth-order valence-corrected chi connectivity index (χ4v) is 3.10. The summed E-state index contributed by atoms with van der Waals surface area (Å²) in [7, 11) is 0. The van der Waals surface area contributed by atoms with E-state index in [0.29, 0.717) is 19.5 Å². The summed E-state index contributed by atoms with van der Waals surface area (Å²) < 4.78 is 0. The van der Waals surface area contributed by atoms with Crippen molar-refractivity contribution in [2.45, 2.75) is 46.2 Å². The van der Waals surface area contributed by atoms with Crippen LogP contribution in [0.4, 0.5) is 0 Å². The van der Waals surface area contributed by atoms with Crippen LogP contribution in [0, 0.1) is 13.8 Å². The minimum Gasteiger partial charge on any atom is -0.357 e. The van der Waals surface area contributed by atoms with E-state index in [0.717, 1.165) is 29.6 Å². The van der Waals surface area contributed by atoms with Gasteiger partial charge in [-0.05, 0) is 27.2 Å². The Bertz CT molecular complexity index is 515. The zero-order valence-electron chi connectivity index (χ0n) is 12.8. The lowest BCUT2D eigenvalue weighted by Crippen LogP contribution is -2.51. The van der Waals surface area contributed by atoms with Crippen LogP contribution in [0.2, 0.25) is 0 Å². The number of rotatable bonds is 4. The Labute approximate surface area is 129 Å². The average molecular weight is 309 g/mol. The van der Waals surface area contributed by atoms with E-state index in [-0.39, 0.29) is 11.9 Å². The highest BCUT2D eigenvalue weighted by Gasteiger charge is 2.18. The van der Waals surface area contributed by atoms with Crippen LogP contribution in [0.3, 0.4) is 0 Å². The number of thiazole rings is 1.